The van der Waals surface area contributed by atoms with Gasteiger partial charge >= 0.3 is 0 Å². The molecule has 0 unspecified atom stereocenters. The molecule has 0 amide bonds. The summed E-state index contributed by atoms with van der Waals surface area (Å²) >= 11 is 8.43. The van der Waals surface area contributed by atoms with Gasteiger partial charge in [0, 0.05) is 16.6 Å². The fraction of sp³-hybridized carbons (Fsp3) is 0.200. The molecule has 0 radical (unpaired) electrons. The Morgan fingerprint density at radius 3 is 2.47 bits per heavy atom. The summed E-state index contributed by atoms with van der Waals surface area (Å²) in [5.74, 6) is -1.27. The van der Waals surface area contributed by atoms with Crippen molar-refractivity contribution >= 4 is 33.2 Å². The fourth-order valence-corrected chi connectivity index (χ4v) is 1.46. The van der Waals surface area contributed by atoms with E-state index in [0.29, 0.717) is 11.0 Å². The van der Waals surface area contributed by atoms with Crippen LogP contribution in [0.2, 0.25) is 0 Å². The van der Waals surface area contributed by atoms with Crippen molar-refractivity contribution in [3.8, 4) is 0 Å². The molecule has 0 bridgehead atoms. The van der Waals surface area contributed by atoms with Crippen molar-refractivity contribution in [3.05, 3.63) is 39.3 Å². The van der Waals surface area contributed by atoms with Crippen molar-refractivity contribution in [1.82, 2.24) is 0 Å². The molecule has 1 N–H and O–H groups in total. The summed E-state index contributed by atoms with van der Waals surface area (Å²) in [7, 11) is 0. The van der Waals surface area contributed by atoms with Crippen molar-refractivity contribution in [2.45, 2.75) is 6.92 Å². The van der Waals surface area contributed by atoms with E-state index in [1.807, 2.05) is 0 Å². The number of benzene rings is 1. The van der Waals surface area contributed by atoms with Crippen LogP contribution in [0.4, 0.5) is 14.5 Å². The van der Waals surface area contributed by atoms with Crippen molar-refractivity contribution < 1.29 is 8.78 Å². The molecule has 1 aromatic rings. The number of hydrogen-bond donors (Lipinski definition) is 1. The minimum atomic E-state index is -0.635. The van der Waals surface area contributed by atoms with Gasteiger partial charge in [-0.15, -0.1) is 0 Å². The number of anilines is 1. The Kier molecular flexibility index (Phi) is 4.54. The van der Waals surface area contributed by atoms with E-state index in [0.717, 1.165) is 5.57 Å². The van der Waals surface area contributed by atoms with E-state index in [-0.39, 0.29) is 5.69 Å². The minimum Gasteiger partial charge on any atom is -0.377 e. The van der Waals surface area contributed by atoms with E-state index in [9.17, 15) is 8.78 Å². The van der Waals surface area contributed by atoms with Gasteiger partial charge in [0.1, 0.15) is 17.3 Å². The zero-order valence-corrected chi connectivity index (χ0v) is 10.3. The molecule has 0 atom stereocenters. The first-order valence-corrected chi connectivity index (χ1v) is 5.42. The third kappa shape index (κ3) is 3.47. The van der Waals surface area contributed by atoms with Gasteiger partial charge in [0.2, 0.25) is 0 Å². The van der Waals surface area contributed by atoms with Gasteiger partial charge in [-0.2, -0.15) is 0 Å². The van der Waals surface area contributed by atoms with Gasteiger partial charge in [0.15, 0.2) is 0 Å². The molecule has 82 valence electrons. The molecular weight excluding hydrogens is 287 g/mol. The van der Waals surface area contributed by atoms with Crippen LogP contribution in [0.25, 0.3) is 0 Å². The van der Waals surface area contributed by atoms with Crippen LogP contribution >= 0.6 is 27.5 Å². The highest BCUT2D eigenvalue weighted by Gasteiger charge is 2.09. The second kappa shape index (κ2) is 5.47. The Labute approximate surface area is 100 Å². The fourth-order valence-electron chi connectivity index (χ4n) is 0.977. The molecule has 1 aromatic carbocycles. The van der Waals surface area contributed by atoms with Crippen LogP contribution in [0.5, 0.6) is 0 Å². The minimum absolute atomic E-state index is 0.143. The van der Waals surface area contributed by atoms with Crippen LogP contribution in [0.3, 0.4) is 0 Å². The molecule has 0 aliphatic carbocycles. The molecule has 0 heterocycles. The molecule has 0 saturated heterocycles. The molecule has 1 rings (SSSR count). The highest BCUT2D eigenvalue weighted by molar-refractivity contribution is 9.10. The maximum Gasteiger partial charge on any atom is 0.150 e. The number of nitrogens with one attached hydrogen (secondary N) is 1. The van der Waals surface area contributed by atoms with E-state index in [1.165, 1.54) is 17.7 Å². The summed E-state index contributed by atoms with van der Waals surface area (Å²) in [5, 5.41) is 2.64. The van der Waals surface area contributed by atoms with Gasteiger partial charge in [0.25, 0.3) is 0 Å². The molecule has 0 aliphatic heterocycles. The zero-order chi connectivity index (χ0) is 11.4. The molecule has 5 heteroatoms. The summed E-state index contributed by atoms with van der Waals surface area (Å²) in [6.45, 7) is 2.06. The first-order chi connectivity index (χ1) is 7.04. The van der Waals surface area contributed by atoms with Crippen LogP contribution in [-0.4, -0.2) is 6.54 Å². The second-order valence-corrected chi connectivity index (χ2v) is 4.19. The van der Waals surface area contributed by atoms with Crippen molar-refractivity contribution in [1.29, 1.82) is 0 Å². The molecular formula is C10H9BrClF2N. The summed E-state index contributed by atoms with van der Waals surface area (Å²) in [5.41, 5.74) is 2.01. The largest absolute Gasteiger partial charge is 0.377 e. The van der Waals surface area contributed by atoms with Gasteiger partial charge in [-0.25, -0.2) is 8.78 Å². The van der Waals surface area contributed by atoms with Gasteiger partial charge in [-0.1, -0.05) is 27.5 Å². The monoisotopic (exact) mass is 295 g/mol. The Balaban J connectivity index is 2.86. The molecule has 0 aromatic heterocycles. The highest BCUT2D eigenvalue weighted by Crippen LogP contribution is 2.23. The molecule has 0 saturated carbocycles. The lowest BCUT2D eigenvalue weighted by Gasteiger charge is -2.08. The van der Waals surface area contributed by atoms with Gasteiger partial charge < -0.3 is 5.32 Å². The van der Waals surface area contributed by atoms with E-state index < -0.39 is 11.6 Å². The summed E-state index contributed by atoms with van der Waals surface area (Å²) < 4.78 is 26.9. The van der Waals surface area contributed by atoms with Crippen LogP contribution in [0, 0.1) is 11.6 Å². The van der Waals surface area contributed by atoms with Gasteiger partial charge in [-0.05, 0) is 24.6 Å². The van der Waals surface area contributed by atoms with Gasteiger partial charge in [0.05, 0.1) is 0 Å². The highest BCUT2D eigenvalue weighted by atomic mass is 79.9. The van der Waals surface area contributed by atoms with Crippen molar-refractivity contribution in [3.63, 3.8) is 0 Å². The summed E-state index contributed by atoms with van der Waals surface area (Å²) in [4.78, 5) is 0. The predicted molar refractivity (Wildman–Crippen MR) is 62.2 cm³/mol. The number of rotatable bonds is 3. The lowest BCUT2D eigenvalue weighted by molar-refractivity contribution is 0.587. The zero-order valence-electron chi connectivity index (χ0n) is 7.95. The average Bonchev–Trinajstić information content (AvgIpc) is 2.15. The van der Waals surface area contributed by atoms with E-state index in [2.05, 4.69) is 21.2 Å². The van der Waals surface area contributed by atoms with Crippen LogP contribution in [-0.2, 0) is 0 Å². The summed E-state index contributed by atoms with van der Waals surface area (Å²) in [6, 6.07) is 2.40. The normalized spacial score (nSPS) is 11.7. The van der Waals surface area contributed by atoms with Crippen LogP contribution < -0.4 is 5.32 Å². The Morgan fingerprint density at radius 2 is 2.00 bits per heavy atom. The van der Waals surface area contributed by atoms with E-state index in [1.54, 1.807) is 6.92 Å². The topological polar surface area (TPSA) is 12.0 Å². The molecule has 0 spiro atoms. The van der Waals surface area contributed by atoms with Crippen LogP contribution in [0.1, 0.15) is 6.92 Å². The first-order valence-electron chi connectivity index (χ1n) is 4.19. The lowest BCUT2D eigenvalue weighted by Crippen LogP contribution is -2.06. The predicted octanol–water partition coefficient (Wildman–Crippen LogP) is 4.28. The van der Waals surface area contributed by atoms with E-state index >= 15 is 0 Å². The standard InChI is InChI=1S/C10H9BrClF2N/c1-6(4-12)5-15-10-8(13)2-7(11)3-9(10)14/h2-4,15H,5H2,1H3. The quantitative estimate of drug-likeness (QED) is 0.878. The van der Waals surface area contributed by atoms with Crippen molar-refractivity contribution in [2.24, 2.45) is 0 Å². The lowest BCUT2D eigenvalue weighted by atomic mass is 10.2. The molecule has 0 fully saturated rings. The Bertz CT molecular complexity index is 370. The summed E-state index contributed by atoms with van der Waals surface area (Å²) in [6.07, 6.45) is 0. The number of halogens is 4. The third-order valence-electron chi connectivity index (χ3n) is 1.74. The molecule has 15 heavy (non-hydrogen) atoms. The maximum atomic E-state index is 13.3. The van der Waals surface area contributed by atoms with E-state index in [4.69, 9.17) is 11.6 Å². The smallest absolute Gasteiger partial charge is 0.150 e. The SMILES string of the molecule is CC(=CCl)CNc1c(F)cc(Br)cc1F. The Morgan fingerprint density at radius 1 is 1.47 bits per heavy atom. The first kappa shape index (κ1) is 12.5. The average molecular weight is 297 g/mol. The van der Waals surface area contributed by atoms with Crippen LogP contribution in [0.15, 0.2) is 27.7 Å². The maximum absolute atomic E-state index is 13.3. The number of hydrogen-bond acceptors (Lipinski definition) is 1. The molecule has 0 aliphatic rings. The second-order valence-electron chi connectivity index (χ2n) is 3.05. The third-order valence-corrected chi connectivity index (χ3v) is 2.57. The molecule has 1 nitrogen and oxygen atoms in total. The van der Waals surface area contributed by atoms with Crippen molar-refractivity contribution in [2.75, 3.05) is 11.9 Å². The van der Waals surface area contributed by atoms with Gasteiger partial charge in [-0.3, -0.25) is 0 Å². The Hall–Kier alpha value is -0.610.